The number of alkyl halides is 3. The Morgan fingerprint density at radius 2 is 1.84 bits per heavy atom. The van der Waals surface area contributed by atoms with Gasteiger partial charge in [-0.3, -0.25) is 0 Å². The molecule has 0 bridgehead atoms. The summed E-state index contributed by atoms with van der Waals surface area (Å²) >= 11 is 0. The summed E-state index contributed by atoms with van der Waals surface area (Å²) in [5.74, 6) is 0.397. The van der Waals surface area contributed by atoms with Gasteiger partial charge in [-0.25, -0.2) is 23.1 Å². The molecule has 1 aliphatic carbocycles. The van der Waals surface area contributed by atoms with Gasteiger partial charge < -0.3 is 5.32 Å². The maximum atomic E-state index is 12.7. The standard InChI is InChI=1S/C15H23F3N4O2S/c1-10(2)25(23,24)21-8-11-3-5-12(6-4-11)22-14-7-13(15(16,17)18)19-9-20-14/h7,9-12,21H,3-6,8H2,1-2H3,(H,19,20,22). The predicted octanol–water partition coefficient (Wildman–Crippen LogP) is 2.79. The summed E-state index contributed by atoms with van der Waals surface area (Å²) in [6.07, 6.45) is -0.494. The van der Waals surface area contributed by atoms with Crippen LogP contribution in [0.5, 0.6) is 0 Å². The van der Waals surface area contributed by atoms with Crippen LogP contribution in [-0.2, 0) is 16.2 Å². The molecule has 0 amide bonds. The molecule has 0 aromatic carbocycles. The molecule has 10 heteroatoms. The van der Waals surface area contributed by atoms with Crippen molar-refractivity contribution in [3.8, 4) is 0 Å². The second-order valence-electron chi connectivity index (χ2n) is 6.59. The highest BCUT2D eigenvalue weighted by Gasteiger charge is 2.33. The minimum Gasteiger partial charge on any atom is -0.367 e. The number of halogens is 3. The van der Waals surface area contributed by atoms with E-state index in [9.17, 15) is 21.6 Å². The van der Waals surface area contributed by atoms with Crippen molar-refractivity contribution in [1.29, 1.82) is 0 Å². The highest BCUT2D eigenvalue weighted by atomic mass is 32.2. The lowest BCUT2D eigenvalue weighted by atomic mass is 9.86. The number of anilines is 1. The average molecular weight is 380 g/mol. The molecular weight excluding hydrogens is 357 g/mol. The van der Waals surface area contributed by atoms with Crippen molar-refractivity contribution in [2.45, 2.75) is 57.0 Å². The van der Waals surface area contributed by atoms with Gasteiger partial charge in [0.05, 0.1) is 5.25 Å². The molecule has 1 aromatic rings. The van der Waals surface area contributed by atoms with Crippen LogP contribution in [0.2, 0.25) is 0 Å². The Balaban J connectivity index is 1.83. The van der Waals surface area contributed by atoms with Gasteiger partial charge in [0.15, 0.2) is 0 Å². The fourth-order valence-electron chi connectivity index (χ4n) is 2.71. The third kappa shape index (κ3) is 5.81. The molecule has 6 nitrogen and oxygen atoms in total. The van der Waals surface area contributed by atoms with Crippen LogP contribution >= 0.6 is 0 Å². The average Bonchev–Trinajstić information content (AvgIpc) is 2.53. The van der Waals surface area contributed by atoms with Gasteiger partial charge in [0.25, 0.3) is 0 Å². The molecule has 2 rings (SSSR count). The molecule has 25 heavy (non-hydrogen) atoms. The molecule has 2 N–H and O–H groups in total. The maximum absolute atomic E-state index is 12.7. The van der Waals surface area contributed by atoms with Crippen molar-refractivity contribution in [2.24, 2.45) is 5.92 Å². The largest absolute Gasteiger partial charge is 0.433 e. The van der Waals surface area contributed by atoms with Crippen molar-refractivity contribution in [3.63, 3.8) is 0 Å². The molecule has 1 fully saturated rings. The Morgan fingerprint density at radius 3 is 2.40 bits per heavy atom. The van der Waals surface area contributed by atoms with Crippen LogP contribution in [0.1, 0.15) is 45.2 Å². The number of aromatic nitrogens is 2. The van der Waals surface area contributed by atoms with Crippen LogP contribution in [0.3, 0.4) is 0 Å². The highest BCUT2D eigenvalue weighted by molar-refractivity contribution is 7.90. The van der Waals surface area contributed by atoms with E-state index in [4.69, 9.17) is 0 Å². The first-order valence-electron chi connectivity index (χ1n) is 8.22. The lowest BCUT2D eigenvalue weighted by Gasteiger charge is -2.29. The van der Waals surface area contributed by atoms with Gasteiger partial charge in [-0.1, -0.05) is 0 Å². The molecule has 0 radical (unpaired) electrons. The summed E-state index contributed by atoms with van der Waals surface area (Å²) in [7, 11) is -3.27. The molecule has 1 aliphatic rings. The second-order valence-corrected chi connectivity index (χ2v) is 8.91. The number of nitrogens with one attached hydrogen (secondary N) is 2. The molecule has 1 saturated carbocycles. The normalized spacial score (nSPS) is 22.2. The number of sulfonamides is 1. The summed E-state index contributed by atoms with van der Waals surface area (Å²) in [5.41, 5.74) is -0.971. The lowest BCUT2D eigenvalue weighted by Crippen LogP contribution is -2.37. The Kier molecular flexibility index (Phi) is 6.26. The minimum atomic E-state index is -4.50. The molecule has 0 saturated heterocycles. The van der Waals surface area contributed by atoms with Crippen LogP contribution in [0, 0.1) is 5.92 Å². The van der Waals surface area contributed by atoms with Gasteiger partial charge >= 0.3 is 6.18 Å². The van der Waals surface area contributed by atoms with E-state index in [2.05, 4.69) is 20.0 Å². The third-order valence-corrected chi connectivity index (χ3v) is 6.16. The van der Waals surface area contributed by atoms with Crippen LogP contribution < -0.4 is 10.0 Å². The van der Waals surface area contributed by atoms with E-state index in [1.54, 1.807) is 13.8 Å². The summed E-state index contributed by atoms with van der Waals surface area (Å²) < 4.78 is 64.1. The van der Waals surface area contributed by atoms with E-state index in [1.165, 1.54) is 0 Å². The Labute approximate surface area is 145 Å². The fourth-order valence-corrected chi connectivity index (χ4v) is 3.51. The lowest BCUT2D eigenvalue weighted by molar-refractivity contribution is -0.141. The summed E-state index contributed by atoms with van der Waals surface area (Å²) in [5, 5.41) is 2.55. The summed E-state index contributed by atoms with van der Waals surface area (Å²) in [4.78, 5) is 7.08. The Bertz CT molecular complexity index is 672. The van der Waals surface area contributed by atoms with Crippen molar-refractivity contribution < 1.29 is 21.6 Å². The van der Waals surface area contributed by atoms with Crippen molar-refractivity contribution in [1.82, 2.24) is 14.7 Å². The van der Waals surface area contributed by atoms with Gasteiger partial charge in [0.1, 0.15) is 17.8 Å². The van der Waals surface area contributed by atoms with E-state index < -0.39 is 27.1 Å². The molecule has 0 spiro atoms. The van der Waals surface area contributed by atoms with Gasteiger partial charge in [0.2, 0.25) is 10.0 Å². The Morgan fingerprint density at radius 1 is 1.20 bits per heavy atom. The maximum Gasteiger partial charge on any atom is 0.433 e. The van der Waals surface area contributed by atoms with Crippen molar-refractivity contribution in [3.05, 3.63) is 18.1 Å². The number of nitrogens with zero attached hydrogens (tertiary/aromatic N) is 2. The highest BCUT2D eigenvalue weighted by Crippen LogP contribution is 2.30. The first kappa shape index (κ1) is 19.9. The fraction of sp³-hybridized carbons (Fsp3) is 0.733. The molecule has 1 heterocycles. The monoisotopic (exact) mass is 380 g/mol. The molecule has 0 atom stereocenters. The number of hydrogen-bond acceptors (Lipinski definition) is 5. The SMILES string of the molecule is CC(C)S(=O)(=O)NCC1CCC(Nc2cc(C(F)(F)F)ncn2)CC1. The molecular formula is C15H23F3N4O2S. The minimum absolute atomic E-state index is 0.0222. The molecule has 0 unspecified atom stereocenters. The van der Waals surface area contributed by atoms with Crippen LogP contribution in [0.4, 0.5) is 19.0 Å². The zero-order valence-electron chi connectivity index (χ0n) is 14.2. The zero-order valence-corrected chi connectivity index (χ0v) is 15.0. The van der Waals surface area contributed by atoms with Gasteiger partial charge in [-0.15, -0.1) is 0 Å². The van der Waals surface area contributed by atoms with Crippen molar-refractivity contribution in [2.75, 3.05) is 11.9 Å². The van der Waals surface area contributed by atoms with Gasteiger partial charge in [-0.2, -0.15) is 13.2 Å². The predicted molar refractivity (Wildman–Crippen MR) is 88.5 cm³/mol. The summed E-state index contributed by atoms with van der Waals surface area (Å²) in [6.45, 7) is 3.65. The van der Waals surface area contributed by atoms with Crippen molar-refractivity contribution >= 4 is 15.8 Å². The third-order valence-electron chi connectivity index (χ3n) is 4.35. The van der Waals surface area contributed by atoms with E-state index >= 15 is 0 Å². The first-order chi connectivity index (χ1) is 11.6. The molecule has 1 aromatic heterocycles. The second kappa shape index (κ2) is 7.86. The number of rotatable bonds is 6. The van der Waals surface area contributed by atoms with Crippen LogP contribution in [0.25, 0.3) is 0 Å². The quantitative estimate of drug-likeness (QED) is 0.793. The number of hydrogen-bond donors (Lipinski definition) is 2. The topological polar surface area (TPSA) is 84.0 Å². The van der Waals surface area contributed by atoms with Gasteiger partial charge in [0, 0.05) is 18.7 Å². The van der Waals surface area contributed by atoms with E-state index in [0.29, 0.717) is 6.54 Å². The van der Waals surface area contributed by atoms with Crippen LogP contribution in [0.15, 0.2) is 12.4 Å². The first-order valence-corrected chi connectivity index (χ1v) is 9.77. The van der Waals surface area contributed by atoms with E-state index in [0.717, 1.165) is 38.1 Å². The van der Waals surface area contributed by atoms with Gasteiger partial charge in [-0.05, 0) is 45.4 Å². The Hall–Kier alpha value is -1.42. The zero-order chi connectivity index (χ0) is 18.7. The van der Waals surface area contributed by atoms with Crippen LogP contribution in [-0.4, -0.2) is 36.2 Å². The van der Waals surface area contributed by atoms with E-state index in [1.807, 2.05) is 0 Å². The smallest absolute Gasteiger partial charge is 0.367 e. The molecule has 142 valence electrons. The molecule has 0 aliphatic heterocycles. The summed E-state index contributed by atoms with van der Waals surface area (Å²) in [6, 6.07) is 0.928. The van der Waals surface area contributed by atoms with E-state index in [-0.39, 0.29) is 17.8 Å².